The number of hydrogen-bond acceptors (Lipinski definition) is 4. The van der Waals surface area contributed by atoms with Gasteiger partial charge in [-0.25, -0.2) is 4.79 Å². The first-order chi connectivity index (χ1) is 10.0. The monoisotopic (exact) mass is 292 g/mol. The standard InChI is InChI=1S/C15H24N4O2/c1-4-10-19(13-9-7-6-8-12(13)16)11(3)14(20)18-15(21)17-5-2/h6-9,11H,4-5,10,16H2,1-3H3,(H2,17,18,20,21). The number of nitrogens with one attached hydrogen (secondary N) is 2. The second kappa shape index (κ2) is 8.14. The summed E-state index contributed by atoms with van der Waals surface area (Å²) in [7, 11) is 0. The number of nitrogen functional groups attached to an aromatic ring is 1. The molecule has 1 unspecified atom stereocenters. The molecule has 0 saturated carbocycles. The summed E-state index contributed by atoms with van der Waals surface area (Å²) in [6, 6.07) is 6.43. The van der Waals surface area contributed by atoms with Crippen molar-refractivity contribution >= 4 is 23.3 Å². The Morgan fingerprint density at radius 2 is 1.95 bits per heavy atom. The van der Waals surface area contributed by atoms with E-state index in [1.807, 2.05) is 30.0 Å². The molecule has 116 valence electrons. The van der Waals surface area contributed by atoms with Gasteiger partial charge in [0.2, 0.25) is 5.91 Å². The first-order valence-electron chi connectivity index (χ1n) is 7.21. The van der Waals surface area contributed by atoms with E-state index in [1.165, 1.54) is 0 Å². The first kappa shape index (κ1) is 16.8. The van der Waals surface area contributed by atoms with Crippen molar-refractivity contribution < 1.29 is 9.59 Å². The summed E-state index contributed by atoms with van der Waals surface area (Å²) >= 11 is 0. The summed E-state index contributed by atoms with van der Waals surface area (Å²) in [4.78, 5) is 25.5. The average Bonchev–Trinajstić information content (AvgIpc) is 2.45. The molecule has 0 aromatic heterocycles. The van der Waals surface area contributed by atoms with E-state index in [0.29, 0.717) is 18.8 Å². The van der Waals surface area contributed by atoms with Gasteiger partial charge in [-0.2, -0.15) is 0 Å². The molecule has 0 spiro atoms. The third-order valence-corrected chi connectivity index (χ3v) is 3.13. The van der Waals surface area contributed by atoms with Crippen molar-refractivity contribution in [3.8, 4) is 0 Å². The van der Waals surface area contributed by atoms with Crippen molar-refractivity contribution in [2.75, 3.05) is 23.7 Å². The van der Waals surface area contributed by atoms with Gasteiger partial charge in [0, 0.05) is 13.1 Å². The Labute approximate surface area is 125 Å². The molecule has 1 aromatic rings. The summed E-state index contributed by atoms with van der Waals surface area (Å²) in [5.41, 5.74) is 7.40. The number of imide groups is 1. The topological polar surface area (TPSA) is 87.5 Å². The molecule has 4 N–H and O–H groups in total. The number of carbonyl (C=O) groups is 2. The second-order valence-electron chi connectivity index (χ2n) is 4.78. The Balaban J connectivity index is 2.87. The molecule has 6 nitrogen and oxygen atoms in total. The van der Waals surface area contributed by atoms with Crippen molar-refractivity contribution in [3.05, 3.63) is 24.3 Å². The summed E-state index contributed by atoms with van der Waals surface area (Å²) in [6.07, 6.45) is 0.868. The van der Waals surface area contributed by atoms with E-state index in [-0.39, 0.29) is 5.91 Å². The number of urea groups is 1. The lowest BCUT2D eigenvalue weighted by Gasteiger charge is -2.31. The molecule has 0 saturated heterocycles. The lowest BCUT2D eigenvalue weighted by molar-refractivity contribution is -0.121. The molecule has 0 heterocycles. The Morgan fingerprint density at radius 1 is 1.29 bits per heavy atom. The van der Waals surface area contributed by atoms with Crippen LogP contribution in [0.5, 0.6) is 0 Å². The second-order valence-corrected chi connectivity index (χ2v) is 4.78. The van der Waals surface area contributed by atoms with Crippen molar-refractivity contribution in [1.82, 2.24) is 10.6 Å². The Kier molecular flexibility index (Phi) is 6.52. The fourth-order valence-electron chi connectivity index (χ4n) is 2.08. The molecule has 0 aliphatic rings. The van der Waals surface area contributed by atoms with Crippen molar-refractivity contribution in [2.45, 2.75) is 33.2 Å². The minimum atomic E-state index is -0.489. The van der Waals surface area contributed by atoms with Gasteiger partial charge in [0.25, 0.3) is 0 Å². The van der Waals surface area contributed by atoms with Crippen LogP contribution in [0.15, 0.2) is 24.3 Å². The van der Waals surface area contributed by atoms with Gasteiger partial charge in [0.1, 0.15) is 6.04 Å². The van der Waals surface area contributed by atoms with Crippen LogP contribution in [0, 0.1) is 0 Å². The molecular weight excluding hydrogens is 268 g/mol. The molecule has 21 heavy (non-hydrogen) atoms. The molecule has 0 radical (unpaired) electrons. The van der Waals surface area contributed by atoms with Crippen molar-refractivity contribution in [3.63, 3.8) is 0 Å². The van der Waals surface area contributed by atoms with E-state index in [2.05, 4.69) is 10.6 Å². The third kappa shape index (κ3) is 4.66. The van der Waals surface area contributed by atoms with Crippen LogP contribution in [0.3, 0.4) is 0 Å². The number of rotatable bonds is 6. The summed E-state index contributed by atoms with van der Waals surface area (Å²) in [5, 5.41) is 4.88. The normalized spacial score (nSPS) is 11.6. The molecule has 0 aliphatic carbocycles. The van der Waals surface area contributed by atoms with E-state index in [4.69, 9.17) is 5.73 Å². The maximum Gasteiger partial charge on any atom is 0.321 e. The van der Waals surface area contributed by atoms with Crippen LogP contribution in [0.2, 0.25) is 0 Å². The zero-order valence-corrected chi connectivity index (χ0v) is 12.8. The predicted octanol–water partition coefficient (Wildman–Crippen LogP) is 1.72. The zero-order chi connectivity index (χ0) is 15.8. The highest BCUT2D eigenvalue weighted by Crippen LogP contribution is 2.24. The average molecular weight is 292 g/mol. The smallest absolute Gasteiger partial charge is 0.321 e. The minimum Gasteiger partial charge on any atom is -0.397 e. The molecule has 6 heteroatoms. The van der Waals surface area contributed by atoms with Gasteiger partial charge in [-0.05, 0) is 32.4 Å². The molecule has 1 aromatic carbocycles. The third-order valence-electron chi connectivity index (χ3n) is 3.13. The lowest BCUT2D eigenvalue weighted by atomic mass is 10.1. The molecule has 0 fully saturated rings. The predicted molar refractivity (Wildman–Crippen MR) is 85.2 cm³/mol. The molecular formula is C15H24N4O2. The van der Waals surface area contributed by atoms with Crippen LogP contribution in [-0.4, -0.2) is 31.1 Å². The molecule has 1 atom stereocenters. The highest BCUT2D eigenvalue weighted by atomic mass is 16.2. The molecule has 1 rings (SSSR count). The number of anilines is 2. The van der Waals surface area contributed by atoms with Gasteiger partial charge in [-0.3, -0.25) is 10.1 Å². The van der Waals surface area contributed by atoms with Gasteiger partial charge in [-0.15, -0.1) is 0 Å². The van der Waals surface area contributed by atoms with E-state index in [0.717, 1.165) is 12.1 Å². The highest BCUT2D eigenvalue weighted by Gasteiger charge is 2.23. The number of carbonyl (C=O) groups excluding carboxylic acids is 2. The number of amides is 3. The maximum absolute atomic E-state index is 12.2. The van der Waals surface area contributed by atoms with Gasteiger partial charge >= 0.3 is 6.03 Å². The number of nitrogens with two attached hydrogens (primary N) is 1. The van der Waals surface area contributed by atoms with Crippen LogP contribution in [-0.2, 0) is 4.79 Å². The molecule has 0 aliphatic heterocycles. The Hall–Kier alpha value is -2.24. The lowest BCUT2D eigenvalue weighted by Crippen LogP contribution is -2.50. The number of benzene rings is 1. The van der Waals surface area contributed by atoms with E-state index < -0.39 is 12.1 Å². The molecule has 0 bridgehead atoms. The highest BCUT2D eigenvalue weighted by molar-refractivity contribution is 5.98. The van der Waals surface area contributed by atoms with Gasteiger partial charge in [-0.1, -0.05) is 19.1 Å². The van der Waals surface area contributed by atoms with E-state index in [9.17, 15) is 9.59 Å². The van der Waals surface area contributed by atoms with Crippen LogP contribution in [0.4, 0.5) is 16.2 Å². The summed E-state index contributed by atoms with van der Waals surface area (Å²) < 4.78 is 0. The molecule has 3 amide bonds. The van der Waals surface area contributed by atoms with Gasteiger partial charge < -0.3 is 16.0 Å². The number of para-hydroxylation sites is 2. The fourth-order valence-corrected chi connectivity index (χ4v) is 2.08. The minimum absolute atomic E-state index is 0.349. The zero-order valence-electron chi connectivity index (χ0n) is 12.8. The Bertz CT molecular complexity index is 490. The SMILES string of the molecule is CCCN(c1ccccc1N)C(C)C(=O)NC(=O)NCC. The largest absolute Gasteiger partial charge is 0.397 e. The van der Waals surface area contributed by atoms with E-state index >= 15 is 0 Å². The van der Waals surface area contributed by atoms with Crippen LogP contribution in [0.1, 0.15) is 27.2 Å². The quantitative estimate of drug-likeness (QED) is 0.697. The maximum atomic E-state index is 12.2. The summed E-state index contributed by atoms with van der Waals surface area (Å²) in [5.74, 6) is -0.349. The number of nitrogens with zero attached hydrogens (tertiary/aromatic N) is 1. The number of hydrogen-bond donors (Lipinski definition) is 3. The summed E-state index contributed by atoms with van der Waals surface area (Å²) in [6.45, 7) is 6.73. The van der Waals surface area contributed by atoms with Crippen LogP contribution < -0.4 is 21.3 Å². The van der Waals surface area contributed by atoms with Gasteiger partial charge in [0.05, 0.1) is 11.4 Å². The van der Waals surface area contributed by atoms with E-state index in [1.54, 1.807) is 19.9 Å². The van der Waals surface area contributed by atoms with Gasteiger partial charge in [0.15, 0.2) is 0 Å². The first-order valence-corrected chi connectivity index (χ1v) is 7.21. The van der Waals surface area contributed by atoms with Crippen LogP contribution in [0.25, 0.3) is 0 Å². The Morgan fingerprint density at radius 3 is 2.52 bits per heavy atom. The van der Waals surface area contributed by atoms with Crippen molar-refractivity contribution in [1.29, 1.82) is 0 Å². The van der Waals surface area contributed by atoms with Crippen molar-refractivity contribution in [2.24, 2.45) is 0 Å². The van der Waals surface area contributed by atoms with Crippen LogP contribution >= 0.6 is 0 Å². The fraction of sp³-hybridized carbons (Fsp3) is 0.467.